The number of carbonyl (C=O) groups is 2. The topological polar surface area (TPSA) is 79.3 Å². The number of anilines is 1. The van der Waals surface area contributed by atoms with Crippen molar-refractivity contribution >= 4 is 17.4 Å². The first-order valence-corrected chi connectivity index (χ1v) is 14.3. The molecule has 0 unspecified atom stereocenters. The van der Waals surface area contributed by atoms with Gasteiger partial charge in [-0.1, -0.05) is 12.1 Å². The lowest BCUT2D eigenvalue weighted by Gasteiger charge is -2.47. The van der Waals surface area contributed by atoms with Gasteiger partial charge in [0, 0.05) is 37.2 Å². The van der Waals surface area contributed by atoms with Gasteiger partial charge in [0.2, 0.25) is 0 Å². The van der Waals surface area contributed by atoms with Crippen LogP contribution in [0.5, 0.6) is 11.5 Å². The van der Waals surface area contributed by atoms with Crippen molar-refractivity contribution in [3.8, 4) is 22.6 Å². The number of aromatic carboxylic acids is 1. The Bertz CT molecular complexity index is 1350. The number of hydrogen-bond acceptors (Lipinski definition) is 6. The number of halogens is 1. The Morgan fingerprint density at radius 3 is 2.10 bits per heavy atom. The van der Waals surface area contributed by atoms with Gasteiger partial charge in [0.15, 0.2) is 0 Å². The second-order valence-corrected chi connectivity index (χ2v) is 10.8. The molecule has 2 aliphatic rings. The zero-order valence-corrected chi connectivity index (χ0v) is 23.7. The Hall–Kier alpha value is -3.91. The van der Waals surface area contributed by atoms with E-state index >= 15 is 0 Å². The van der Waals surface area contributed by atoms with Crippen LogP contribution in [0.3, 0.4) is 0 Å². The zero-order chi connectivity index (χ0) is 29.0. The zero-order valence-electron chi connectivity index (χ0n) is 23.7. The van der Waals surface area contributed by atoms with Crippen LogP contribution < -0.4 is 14.4 Å². The molecule has 2 aliphatic heterocycles. The summed E-state index contributed by atoms with van der Waals surface area (Å²) in [4.78, 5) is 29.0. The molecule has 0 aliphatic carbocycles. The van der Waals surface area contributed by atoms with Crippen molar-refractivity contribution in [2.45, 2.75) is 39.7 Å². The van der Waals surface area contributed by atoms with Crippen LogP contribution in [0.25, 0.3) is 11.1 Å². The molecular formula is C33H37FN2O5. The monoisotopic (exact) mass is 560 g/mol. The lowest BCUT2D eigenvalue weighted by molar-refractivity contribution is -0.132. The normalized spacial score (nSPS) is 17.0. The van der Waals surface area contributed by atoms with E-state index in [-0.39, 0.29) is 16.8 Å². The van der Waals surface area contributed by atoms with Crippen molar-refractivity contribution in [2.24, 2.45) is 5.41 Å². The average Bonchev–Trinajstić information content (AvgIpc) is 2.97. The van der Waals surface area contributed by atoms with Gasteiger partial charge in [-0.15, -0.1) is 0 Å². The van der Waals surface area contributed by atoms with Crippen LogP contribution >= 0.6 is 0 Å². The number of ketones is 1. The highest BCUT2D eigenvalue weighted by Gasteiger charge is 2.44. The van der Waals surface area contributed by atoms with Crippen molar-refractivity contribution < 1.29 is 28.6 Å². The van der Waals surface area contributed by atoms with E-state index in [1.807, 2.05) is 38.1 Å². The molecule has 1 N–H and O–H groups in total. The Kier molecular flexibility index (Phi) is 8.59. The van der Waals surface area contributed by atoms with E-state index in [2.05, 4.69) is 9.80 Å². The second-order valence-electron chi connectivity index (χ2n) is 10.8. The molecule has 3 aromatic rings. The van der Waals surface area contributed by atoms with Crippen molar-refractivity contribution in [3.05, 3.63) is 77.6 Å². The summed E-state index contributed by atoms with van der Waals surface area (Å²) in [6, 6.07) is 17.4. The number of carboxylic acids is 1. The molecule has 1 spiro atoms. The van der Waals surface area contributed by atoms with Crippen LogP contribution in [0, 0.1) is 11.2 Å². The molecule has 0 aromatic heterocycles. The third kappa shape index (κ3) is 6.22. The number of likely N-dealkylation sites (tertiary alicyclic amines) is 1. The van der Waals surface area contributed by atoms with Crippen LogP contribution in [0.4, 0.5) is 10.1 Å². The van der Waals surface area contributed by atoms with E-state index in [1.165, 1.54) is 12.1 Å². The number of benzene rings is 3. The van der Waals surface area contributed by atoms with Crippen molar-refractivity contribution in [2.75, 3.05) is 44.3 Å². The van der Waals surface area contributed by atoms with Gasteiger partial charge in [0.25, 0.3) is 0 Å². The minimum Gasteiger partial charge on any atom is -0.493 e. The summed E-state index contributed by atoms with van der Waals surface area (Å²) in [7, 11) is 0. The predicted octanol–water partition coefficient (Wildman–Crippen LogP) is 6.05. The summed E-state index contributed by atoms with van der Waals surface area (Å²) in [5.74, 6) is 0.512. The largest absolute Gasteiger partial charge is 0.493 e. The maximum absolute atomic E-state index is 13.6. The summed E-state index contributed by atoms with van der Waals surface area (Å²) >= 11 is 0. The van der Waals surface area contributed by atoms with Crippen LogP contribution in [-0.4, -0.2) is 61.2 Å². The van der Waals surface area contributed by atoms with Gasteiger partial charge in [-0.25, -0.2) is 9.18 Å². The molecule has 0 radical (unpaired) electrons. The van der Waals surface area contributed by atoms with Gasteiger partial charge in [0.1, 0.15) is 23.1 Å². The standard InChI is InChI=1S/C33H37FN2O5/c1-3-40-28-19-23(20-29(41-4-2)31(28)24-5-9-26(34)10-6-24)21-35-17-14-33(15-18-35)22-36(16-13-30(33)37)27-11-7-25(8-12-27)32(38)39/h5-12,19-20H,3-4,13-18,21-22H2,1-2H3,(H,38,39). The van der Waals surface area contributed by atoms with E-state index in [0.29, 0.717) is 56.6 Å². The number of ether oxygens (including phenoxy) is 2. The molecule has 8 heteroatoms. The quantitative estimate of drug-likeness (QED) is 0.341. The second kappa shape index (κ2) is 12.3. The van der Waals surface area contributed by atoms with Crippen LogP contribution in [-0.2, 0) is 11.3 Å². The summed E-state index contributed by atoms with van der Waals surface area (Å²) < 4.78 is 25.7. The summed E-state index contributed by atoms with van der Waals surface area (Å²) in [5, 5.41) is 9.22. The van der Waals surface area contributed by atoms with Crippen LogP contribution in [0.1, 0.15) is 49.0 Å². The van der Waals surface area contributed by atoms with Crippen molar-refractivity contribution in [3.63, 3.8) is 0 Å². The van der Waals surface area contributed by atoms with Gasteiger partial charge in [-0.3, -0.25) is 9.69 Å². The van der Waals surface area contributed by atoms with E-state index in [0.717, 1.165) is 48.3 Å². The summed E-state index contributed by atoms with van der Waals surface area (Å²) in [6.07, 6.45) is 2.06. The molecule has 0 atom stereocenters. The number of piperidine rings is 2. The van der Waals surface area contributed by atoms with Crippen LogP contribution in [0.2, 0.25) is 0 Å². The minimum atomic E-state index is -0.943. The van der Waals surface area contributed by atoms with Gasteiger partial charge in [0.05, 0.1) is 24.3 Å². The summed E-state index contributed by atoms with van der Waals surface area (Å²) in [5.41, 5.74) is 3.54. The Morgan fingerprint density at radius 2 is 1.54 bits per heavy atom. The van der Waals surface area contributed by atoms with Gasteiger partial charge < -0.3 is 19.5 Å². The van der Waals surface area contributed by atoms with E-state index < -0.39 is 5.97 Å². The summed E-state index contributed by atoms with van der Waals surface area (Å²) in [6.45, 7) is 8.47. The van der Waals surface area contributed by atoms with Crippen LogP contribution in [0.15, 0.2) is 60.7 Å². The lowest BCUT2D eigenvalue weighted by Crippen LogP contribution is -2.54. The maximum Gasteiger partial charge on any atom is 0.335 e. The molecule has 216 valence electrons. The molecule has 5 rings (SSSR count). The average molecular weight is 561 g/mol. The number of rotatable bonds is 9. The molecule has 0 bridgehead atoms. The highest BCUT2D eigenvalue weighted by atomic mass is 19.1. The smallest absolute Gasteiger partial charge is 0.335 e. The van der Waals surface area contributed by atoms with Gasteiger partial charge in [-0.2, -0.15) is 0 Å². The Labute approximate surface area is 240 Å². The maximum atomic E-state index is 13.6. The molecular weight excluding hydrogens is 523 g/mol. The third-order valence-electron chi connectivity index (χ3n) is 8.25. The molecule has 2 heterocycles. The van der Waals surface area contributed by atoms with Gasteiger partial charge >= 0.3 is 5.97 Å². The highest BCUT2D eigenvalue weighted by Crippen LogP contribution is 2.42. The Morgan fingerprint density at radius 1 is 0.927 bits per heavy atom. The first kappa shape index (κ1) is 28.6. The lowest BCUT2D eigenvalue weighted by atomic mass is 9.71. The number of carboxylic acid groups (broad SMARTS) is 1. The Balaban J connectivity index is 1.31. The van der Waals surface area contributed by atoms with Crippen molar-refractivity contribution in [1.82, 2.24) is 4.90 Å². The molecule has 2 fully saturated rings. The molecule has 3 aromatic carbocycles. The third-order valence-corrected chi connectivity index (χ3v) is 8.25. The fraction of sp³-hybridized carbons (Fsp3) is 0.394. The van der Waals surface area contributed by atoms with E-state index in [9.17, 15) is 19.1 Å². The molecule has 41 heavy (non-hydrogen) atoms. The fourth-order valence-electron chi connectivity index (χ4n) is 6.08. The van der Waals surface area contributed by atoms with Gasteiger partial charge in [-0.05, 0) is 99.4 Å². The fourth-order valence-corrected chi connectivity index (χ4v) is 6.08. The molecule has 2 saturated heterocycles. The molecule has 0 saturated carbocycles. The molecule has 0 amide bonds. The number of carbonyl (C=O) groups excluding carboxylic acids is 1. The van der Waals surface area contributed by atoms with E-state index in [4.69, 9.17) is 9.47 Å². The SMILES string of the molecule is CCOc1cc(CN2CCC3(CC2)CN(c2ccc(C(=O)O)cc2)CCC3=O)cc(OCC)c1-c1ccc(F)cc1. The predicted molar refractivity (Wildman–Crippen MR) is 156 cm³/mol. The number of Topliss-reactive ketones (excluding diaryl/α,β-unsaturated/α-hetero) is 1. The number of nitrogens with zero attached hydrogens (tertiary/aromatic N) is 2. The number of hydrogen-bond donors (Lipinski definition) is 1. The highest BCUT2D eigenvalue weighted by molar-refractivity contribution is 5.89. The minimum absolute atomic E-state index is 0.260. The van der Waals surface area contributed by atoms with Crippen molar-refractivity contribution in [1.29, 1.82) is 0 Å². The molecule has 7 nitrogen and oxygen atoms in total. The first-order chi connectivity index (χ1) is 19.8. The van der Waals surface area contributed by atoms with E-state index in [1.54, 1.807) is 24.3 Å². The first-order valence-electron chi connectivity index (χ1n) is 14.3.